The fraction of sp³-hybridized carbons (Fsp3) is 0.474. The highest BCUT2D eigenvalue weighted by Crippen LogP contribution is 2.22. The Morgan fingerprint density at radius 2 is 1.87 bits per heavy atom. The molecule has 1 fully saturated rings. The van der Waals surface area contributed by atoms with E-state index in [4.69, 9.17) is 4.74 Å². The minimum Gasteiger partial charge on any atom is -0.379 e. The third kappa shape index (κ3) is 4.42. The van der Waals surface area contributed by atoms with Gasteiger partial charge in [-0.2, -0.15) is 0 Å². The molecule has 0 spiro atoms. The van der Waals surface area contributed by atoms with Gasteiger partial charge in [-0.3, -0.25) is 4.90 Å². The summed E-state index contributed by atoms with van der Waals surface area (Å²) in [6, 6.07) is 11.6. The van der Waals surface area contributed by atoms with Crippen LogP contribution < -0.4 is 5.32 Å². The Morgan fingerprint density at radius 1 is 1.13 bits per heavy atom. The lowest BCUT2D eigenvalue weighted by molar-refractivity contribution is 0.0161. The van der Waals surface area contributed by atoms with Gasteiger partial charge >= 0.3 is 0 Å². The van der Waals surface area contributed by atoms with E-state index in [1.54, 1.807) is 0 Å². The summed E-state index contributed by atoms with van der Waals surface area (Å²) in [5.74, 6) is 0. The summed E-state index contributed by atoms with van der Waals surface area (Å²) in [6.45, 7) is 9.96. The summed E-state index contributed by atoms with van der Waals surface area (Å²) >= 11 is 1.84. The molecule has 3 nitrogen and oxygen atoms in total. The molecule has 23 heavy (non-hydrogen) atoms. The molecule has 0 amide bonds. The predicted molar refractivity (Wildman–Crippen MR) is 97.1 cm³/mol. The van der Waals surface area contributed by atoms with Crippen molar-refractivity contribution in [1.82, 2.24) is 10.2 Å². The van der Waals surface area contributed by atoms with Gasteiger partial charge in [0.05, 0.1) is 13.2 Å². The van der Waals surface area contributed by atoms with Crippen LogP contribution >= 0.6 is 11.3 Å². The van der Waals surface area contributed by atoms with Crippen LogP contribution in [-0.4, -0.2) is 37.7 Å². The third-order valence-electron chi connectivity index (χ3n) is 4.54. The van der Waals surface area contributed by atoms with Crippen molar-refractivity contribution >= 4 is 11.3 Å². The first-order valence-corrected chi connectivity index (χ1v) is 9.24. The maximum Gasteiger partial charge on any atom is 0.0594 e. The zero-order valence-corrected chi connectivity index (χ0v) is 14.9. The summed E-state index contributed by atoms with van der Waals surface area (Å²) in [5.41, 5.74) is 4.10. The number of rotatable bonds is 6. The normalized spacial score (nSPS) is 17.3. The molecule has 1 unspecified atom stereocenters. The highest BCUT2D eigenvalue weighted by atomic mass is 32.1. The van der Waals surface area contributed by atoms with E-state index >= 15 is 0 Å². The zero-order chi connectivity index (χ0) is 16.1. The summed E-state index contributed by atoms with van der Waals surface area (Å²) in [6.07, 6.45) is 0. The summed E-state index contributed by atoms with van der Waals surface area (Å²) in [7, 11) is 0. The minimum atomic E-state index is 0.416. The number of morpholine rings is 1. The Balaban J connectivity index is 1.67. The quantitative estimate of drug-likeness (QED) is 0.877. The molecule has 4 heteroatoms. The van der Waals surface area contributed by atoms with E-state index in [2.05, 4.69) is 59.8 Å². The molecular formula is C19H26N2OS. The van der Waals surface area contributed by atoms with Crippen LogP contribution in [0.25, 0.3) is 0 Å². The number of nitrogens with zero attached hydrogens (tertiary/aromatic N) is 1. The molecule has 1 atom stereocenters. The van der Waals surface area contributed by atoms with Gasteiger partial charge in [0.25, 0.3) is 0 Å². The van der Waals surface area contributed by atoms with Crippen LogP contribution in [0.3, 0.4) is 0 Å². The summed E-state index contributed by atoms with van der Waals surface area (Å²) < 4.78 is 5.52. The summed E-state index contributed by atoms with van der Waals surface area (Å²) in [5, 5.41) is 5.84. The molecule has 1 N–H and O–H groups in total. The van der Waals surface area contributed by atoms with Crippen LogP contribution in [-0.2, 0) is 11.3 Å². The Hall–Kier alpha value is -1.20. The molecule has 0 radical (unpaired) electrons. The number of benzene rings is 1. The number of nitrogens with one attached hydrogen (secondary N) is 1. The van der Waals surface area contributed by atoms with E-state index in [9.17, 15) is 0 Å². The van der Waals surface area contributed by atoms with Gasteiger partial charge in [-0.05, 0) is 36.4 Å². The molecular weight excluding hydrogens is 304 g/mol. The predicted octanol–water partition coefficient (Wildman–Crippen LogP) is 3.53. The van der Waals surface area contributed by atoms with E-state index in [-0.39, 0.29) is 0 Å². The lowest BCUT2D eigenvalue weighted by atomic mass is 10.0. The average Bonchev–Trinajstić information content (AvgIpc) is 2.99. The lowest BCUT2D eigenvalue weighted by Crippen LogP contribution is -2.42. The average molecular weight is 330 g/mol. The van der Waals surface area contributed by atoms with Crippen molar-refractivity contribution in [1.29, 1.82) is 0 Å². The van der Waals surface area contributed by atoms with Crippen LogP contribution in [0.5, 0.6) is 0 Å². The van der Waals surface area contributed by atoms with Crippen molar-refractivity contribution in [3.05, 3.63) is 57.3 Å². The highest BCUT2D eigenvalue weighted by Gasteiger charge is 2.22. The van der Waals surface area contributed by atoms with Crippen molar-refractivity contribution in [3.63, 3.8) is 0 Å². The van der Waals surface area contributed by atoms with Gasteiger partial charge in [0.2, 0.25) is 0 Å². The van der Waals surface area contributed by atoms with Gasteiger partial charge in [-0.25, -0.2) is 0 Å². The minimum absolute atomic E-state index is 0.416. The van der Waals surface area contributed by atoms with E-state index in [1.807, 2.05) is 11.3 Å². The number of thiophene rings is 1. The number of aryl methyl sites for hydroxylation is 2. The van der Waals surface area contributed by atoms with Crippen LogP contribution in [0.2, 0.25) is 0 Å². The SMILES string of the molecule is Cc1ccc(C(CNCc2sccc2C)N2CCOCC2)cc1. The molecule has 0 saturated carbocycles. The second-order valence-corrected chi connectivity index (χ2v) is 7.23. The molecule has 1 aliphatic rings. The Labute approximate surface area is 143 Å². The van der Waals surface area contributed by atoms with E-state index in [0.29, 0.717) is 6.04 Å². The number of hydrogen-bond acceptors (Lipinski definition) is 4. The number of ether oxygens (including phenoxy) is 1. The van der Waals surface area contributed by atoms with Gasteiger partial charge in [0.1, 0.15) is 0 Å². The Kier molecular flexibility index (Phi) is 5.84. The van der Waals surface area contributed by atoms with Crippen molar-refractivity contribution in [2.45, 2.75) is 26.4 Å². The second kappa shape index (κ2) is 8.06. The van der Waals surface area contributed by atoms with E-state index in [1.165, 1.54) is 21.6 Å². The van der Waals surface area contributed by atoms with Crippen molar-refractivity contribution in [2.24, 2.45) is 0 Å². The smallest absolute Gasteiger partial charge is 0.0594 e. The number of hydrogen-bond donors (Lipinski definition) is 1. The van der Waals surface area contributed by atoms with Gasteiger partial charge in [-0.15, -0.1) is 11.3 Å². The van der Waals surface area contributed by atoms with Crippen molar-refractivity contribution < 1.29 is 4.74 Å². The molecule has 124 valence electrons. The fourth-order valence-corrected chi connectivity index (χ4v) is 3.92. The maximum atomic E-state index is 5.52. The van der Waals surface area contributed by atoms with Gasteiger partial charge in [-0.1, -0.05) is 29.8 Å². The standard InChI is InChI=1S/C19H26N2OS/c1-15-3-5-17(6-4-15)18(21-8-10-22-11-9-21)13-20-14-19-16(2)7-12-23-19/h3-7,12,18,20H,8-11,13-14H2,1-2H3. The van der Waals surface area contributed by atoms with Crippen LogP contribution in [0.1, 0.15) is 27.6 Å². The summed E-state index contributed by atoms with van der Waals surface area (Å²) in [4.78, 5) is 3.98. The van der Waals surface area contributed by atoms with Crippen LogP contribution in [0.15, 0.2) is 35.7 Å². The Bertz CT molecular complexity index is 602. The molecule has 2 heterocycles. The van der Waals surface area contributed by atoms with Gasteiger partial charge < -0.3 is 10.1 Å². The molecule has 0 bridgehead atoms. The first-order chi connectivity index (χ1) is 11.2. The first-order valence-electron chi connectivity index (χ1n) is 8.36. The van der Waals surface area contributed by atoms with E-state index < -0.39 is 0 Å². The van der Waals surface area contributed by atoms with Gasteiger partial charge in [0, 0.05) is 37.1 Å². The first kappa shape index (κ1) is 16.7. The third-order valence-corrected chi connectivity index (χ3v) is 5.56. The van der Waals surface area contributed by atoms with Crippen molar-refractivity contribution in [2.75, 3.05) is 32.8 Å². The fourth-order valence-electron chi connectivity index (χ4n) is 3.04. The van der Waals surface area contributed by atoms with E-state index in [0.717, 1.165) is 39.4 Å². The van der Waals surface area contributed by atoms with Crippen molar-refractivity contribution in [3.8, 4) is 0 Å². The molecule has 1 aromatic heterocycles. The molecule has 1 aromatic carbocycles. The second-order valence-electron chi connectivity index (χ2n) is 6.23. The Morgan fingerprint density at radius 3 is 2.52 bits per heavy atom. The molecule has 2 aromatic rings. The van der Waals surface area contributed by atoms with Crippen LogP contribution in [0.4, 0.5) is 0 Å². The lowest BCUT2D eigenvalue weighted by Gasteiger charge is -2.35. The molecule has 1 saturated heterocycles. The largest absolute Gasteiger partial charge is 0.379 e. The topological polar surface area (TPSA) is 24.5 Å². The maximum absolute atomic E-state index is 5.52. The van der Waals surface area contributed by atoms with Gasteiger partial charge in [0.15, 0.2) is 0 Å². The van der Waals surface area contributed by atoms with Crippen LogP contribution in [0, 0.1) is 13.8 Å². The molecule has 3 rings (SSSR count). The monoisotopic (exact) mass is 330 g/mol. The zero-order valence-electron chi connectivity index (χ0n) is 14.0. The highest BCUT2D eigenvalue weighted by molar-refractivity contribution is 7.10. The molecule has 0 aliphatic carbocycles. The molecule has 1 aliphatic heterocycles.